The molecule has 5 heteroatoms. The summed E-state index contributed by atoms with van der Waals surface area (Å²) in [6.45, 7) is 3.55. The number of methoxy groups -OCH3 is 1. The minimum Gasteiger partial charge on any atom is -0.479 e. The third-order valence-electron chi connectivity index (χ3n) is 2.79. The first-order valence-corrected chi connectivity index (χ1v) is 4.58. The number of aliphatic hydroxyl groups excluding tert-OH is 1. The summed E-state index contributed by atoms with van der Waals surface area (Å²) < 4.78 is 10.2. The van der Waals surface area contributed by atoms with Crippen molar-refractivity contribution < 1.29 is 24.5 Å². The third-order valence-corrected chi connectivity index (χ3v) is 2.79. The second-order valence-electron chi connectivity index (χ2n) is 3.65. The number of ether oxygens (including phenoxy) is 2. The van der Waals surface area contributed by atoms with Crippen LogP contribution in [0.5, 0.6) is 0 Å². The summed E-state index contributed by atoms with van der Waals surface area (Å²) in [6, 6.07) is 0. The van der Waals surface area contributed by atoms with Crippen molar-refractivity contribution in [1.82, 2.24) is 0 Å². The van der Waals surface area contributed by atoms with Gasteiger partial charge in [0.05, 0.1) is 12.2 Å². The average Bonchev–Trinajstić information content (AvgIpc) is 2.13. The van der Waals surface area contributed by atoms with Crippen LogP contribution in [0, 0.1) is 5.92 Å². The molecular formula is C9H16O5. The summed E-state index contributed by atoms with van der Waals surface area (Å²) in [6.07, 6.45) is -2.96. The van der Waals surface area contributed by atoms with Crippen LogP contribution in [0.3, 0.4) is 0 Å². The number of aliphatic hydroxyl groups is 1. The van der Waals surface area contributed by atoms with Crippen molar-refractivity contribution in [2.24, 2.45) is 5.92 Å². The molecule has 0 amide bonds. The van der Waals surface area contributed by atoms with E-state index in [1.165, 1.54) is 7.11 Å². The van der Waals surface area contributed by atoms with Crippen LogP contribution in [0.2, 0.25) is 0 Å². The van der Waals surface area contributed by atoms with E-state index < -0.39 is 24.3 Å². The van der Waals surface area contributed by atoms with Gasteiger partial charge in [-0.05, 0) is 6.92 Å². The predicted octanol–water partition coefficient (Wildman–Crippen LogP) is -0.130. The quantitative estimate of drug-likeness (QED) is 0.655. The van der Waals surface area contributed by atoms with Gasteiger partial charge in [-0.3, -0.25) is 0 Å². The van der Waals surface area contributed by atoms with Gasteiger partial charge in [-0.1, -0.05) is 6.92 Å². The van der Waals surface area contributed by atoms with E-state index in [4.69, 9.17) is 14.6 Å². The van der Waals surface area contributed by atoms with Gasteiger partial charge < -0.3 is 19.7 Å². The SMILES string of the molecule is COC1C(C(=O)O)OC(C)C(C)C1O. The predicted molar refractivity (Wildman–Crippen MR) is 47.9 cm³/mol. The first kappa shape index (κ1) is 11.4. The Labute approximate surface area is 82.6 Å². The van der Waals surface area contributed by atoms with Crippen molar-refractivity contribution in [3.05, 3.63) is 0 Å². The fourth-order valence-electron chi connectivity index (χ4n) is 1.65. The summed E-state index contributed by atoms with van der Waals surface area (Å²) in [7, 11) is 1.37. The minimum absolute atomic E-state index is 0.129. The maximum absolute atomic E-state index is 10.8. The summed E-state index contributed by atoms with van der Waals surface area (Å²) in [5.41, 5.74) is 0. The molecule has 82 valence electrons. The molecule has 2 N–H and O–H groups in total. The lowest BCUT2D eigenvalue weighted by Gasteiger charge is -2.40. The number of carbonyl (C=O) groups is 1. The van der Waals surface area contributed by atoms with E-state index in [-0.39, 0.29) is 12.0 Å². The molecule has 1 fully saturated rings. The van der Waals surface area contributed by atoms with E-state index >= 15 is 0 Å². The van der Waals surface area contributed by atoms with Crippen molar-refractivity contribution in [3.8, 4) is 0 Å². The smallest absolute Gasteiger partial charge is 0.335 e. The van der Waals surface area contributed by atoms with E-state index in [1.54, 1.807) is 13.8 Å². The molecule has 0 aromatic rings. The highest BCUT2D eigenvalue weighted by atomic mass is 16.6. The van der Waals surface area contributed by atoms with Crippen molar-refractivity contribution in [3.63, 3.8) is 0 Å². The lowest BCUT2D eigenvalue weighted by Crippen LogP contribution is -2.56. The molecule has 1 saturated heterocycles. The van der Waals surface area contributed by atoms with E-state index in [2.05, 4.69) is 0 Å². The molecule has 14 heavy (non-hydrogen) atoms. The van der Waals surface area contributed by atoms with E-state index in [9.17, 15) is 9.90 Å². The Morgan fingerprint density at radius 3 is 2.43 bits per heavy atom. The van der Waals surface area contributed by atoms with Gasteiger partial charge in [0.25, 0.3) is 0 Å². The molecule has 0 bridgehead atoms. The van der Waals surface area contributed by atoms with Crippen LogP contribution in [-0.4, -0.2) is 47.7 Å². The summed E-state index contributed by atoms with van der Waals surface area (Å²) in [5.74, 6) is -1.23. The van der Waals surface area contributed by atoms with E-state index in [0.29, 0.717) is 0 Å². The van der Waals surface area contributed by atoms with Crippen molar-refractivity contribution in [2.75, 3.05) is 7.11 Å². The molecule has 5 unspecified atom stereocenters. The largest absolute Gasteiger partial charge is 0.479 e. The standard InChI is InChI=1S/C9H16O5/c1-4-5(2)14-8(9(11)12)7(13-3)6(4)10/h4-8,10H,1-3H3,(H,11,12). The molecule has 1 rings (SSSR count). The van der Waals surface area contributed by atoms with Crippen LogP contribution in [-0.2, 0) is 14.3 Å². The highest BCUT2D eigenvalue weighted by Crippen LogP contribution is 2.27. The van der Waals surface area contributed by atoms with Gasteiger partial charge in [0.1, 0.15) is 6.10 Å². The van der Waals surface area contributed by atoms with Gasteiger partial charge in [0, 0.05) is 13.0 Å². The van der Waals surface area contributed by atoms with Crippen LogP contribution >= 0.6 is 0 Å². The molecule has 1 aliphatic heterocycles. The van der Waals surface area contributed by atoms with Crippen molar-refractivity contribution in [2.45, 2.75) is 38.3 Å². The Morgan fingerprint density at radius 2 is 2.00 bits per heavy atom. The topological polar surface area (TPSA) is 76.0 Å². The molecule has 5 atom stereocenters. The summed E-state index contributed by atoms with van der Waals surface area (Å²) in [4.78, 5) is 10.8. The molecule has 0 saturated carbocycles. The zero-order valence-electron chi connectivity index (χ0n) is 8.51. The van der Waals surface area contributed by atoms with Crippen LogP contribution < -0.4 is 0 Å². The molecule has 0 aliphatic carbocycles. The van der Waals surface area contributed by atoms with Crippen LogP contribution in [0.25, 0.3) is 0 Å². The number of rotatable bonds is 2. The summed E-state index contributed by atoms with van der Waals surface area (Å²) in [5, 5.41) is 18.6. The highest BCUT2D eigenvalue weighted by molar-refractivity contribution is 5.73. The van der Waals surface area contributed by atoms with Crippen molar-refractivity contribution >= 4 is 5.97 Å². The molecule has 0 spiro atoms. The molecule has 1 aliphatic rings. The fourth-order valence-corrected chi connectivity index (χ4v) is 1.65. The van der Waals surface area contributed by atoms with Gasteiger partial charge >= 0.3 is 5.97 Å². The normalized spacial score (nSPS) is 43.6. The zero-order valence-corrected chi connectivity index (χ0v) is 8.51. The third kappa shape index (κ3) is 1.89. The molecule has 5 nitrogen and oxygen atoms in total. The first-order valence-electron chi connectivity index (χ1n) is 4.58. The molecule has 1 heterocycles. The molecular weight excluding hydrogens is 188 g/mol. The number of carboxylic acids is 1. The Hall–Kier alpha value is -0.650. The Kier molecular flexibility index (Phi) is 3.47. The number of hydrogen-bond donors (Lipinski definition) is 2. The molecule has 0 aromatic heterocycles. The lowest BCUT2D eigenvalue weighted by molar-refractivity contribution is -0.212. The van der Waals surface area contributed by atoms with Crippen LogP contribution in [0.4, 0.5) is 0 Å². The second-order valence-corrected chi connectivity index (χ2v) is 3.65. The number of hydrogen-bond acceptors (Lipinski definition) is 4. The maximum Gasteiger partial charge on any atom is 0.335 e. The highest BCUT2D eigenvalue weighted by Gasteiger charge is 2.44. The monoisotopic (exact) mass is 204 g/mol. The lowest BCUT2D eigenvalue weighted by atomic mass is 9.89. The maximum atomic E-state index is 10.8. The average molecular weight is 204 g/mol. The van der Waals surface area contributed by atoms with E-state index in [0.717, 1.165) is 0 Å². The minimum atomic E-state index is -1.10. The Balaban J connectivity index is 2.82. The van der Waals surface area contributed by atoms with Gasteiger partial charge in [-0.2, -0.15) is 0 Å². The van der Waals surface area contributed by atoms with E-state index in [1.807, 2.05) is 0 Å². The second kappa shape index (κ2) is 4.25. The van der Waals surface area contributed by atoms with Gasteiger partial charge in [-0.15, -0.1) is 0 Å². The zero-order chi connectivity index (χ0) is 10.9. The van der Waals surface area contributed by atoms with Crippen molar-refractivity contribution in [1.29, 1.82) is 0 Å². The Bertz CT molecular complexity index is 217. The molecule has 0 aromatic carbocycles. The van der Waals surface area contributed by atoms with Crippen LogP contribution in [0.1, 0.15) is 13.8 Å². The summed E-state index contributed by atoms with van der Waals surface area (Å²) >= 11 is 0. The first-order chi connectivity index (χ1) is 6.49. The van der Waals surface area contributed by atoms with Crippen LogP contribution in [0.15, 0.2) is 0 Å². The van der Waals surface area contributed by atoms with Gasteiger partial charge in [0.15, 0.2) is 6.10 Å². The van der Waals surface area contributed by atoms with Gasteiger partial charge in [0.2, 0.25) is 0 Å². The number of aliphatic carboxylic acids is 1. The Morgan fingerprint density at radius 1 is 1.43 bits per heavy atom. The fraction of sp³-hybridized carbons (Fsp3) is 0.889. The molecule has 0 radical (unpaired) electrons. The van der Waals surface area contributed by atoms with Gasteiger partial charge in [-0.25, -0.2) is 4.79 Å². The number of carboxylic acid groups (broad SMARTS) is 1.